The molecular weight excluding hydrogens is 348 g/mol. The lowest BCUT2D eigenvalue weighted by atomic mass is 9.43. The first-order valence-corrected chi connectivity index (χ1v) is 9.61. The third kappa shape index (κ3) is 2.64. The van der Waals surface area contributed by atoms with Crippen LogP contribution in [0, 0.1) is 28.6 Å². The number of ketones is 1. The highest BCUT2D eigenvalue weighted by Gasteiger charge is 2.64. The van der Waals surface area contributed by atoms with Crippen molar-refractivity contribution >= 4 is 17.7 Å². The molecule has 6 heteroatoms. The summed E-state index contributed by atoms with van der Waals surface area (Å²) in [5.74, 6) is -1.20. The summed E-state index contributed by atoms with van der Waals surface area (Å²) in [5, 5.41) is 0. The van der Waals surface area contributed by atoms with Crippen molar-refractivity contribution in [2.24, 2.45) is 28.6 Å². The van der Waals surface area contributed by atoms with Crippen LogP contribution in [0.3, 0.4) is 0 Å². The van der Waals surface area contributed by atoms with Crippen molar-refractivity contribution in [3.63, 3.8) is 0 Å². The number of cyclic esters (lactones) is 1. The van der Waals surface area contributed by atoms with Crippen LogP contribution in [0.25, 0.3) is 0 Å². The second-order valence-corrected chi connectivity index (χ2v) is 8.86. The van der Waals surface area contributed by atoms with Crippen LogP contribution in [0.4, 0.5) is 0 Å². The maximum absolute atomic E-state index is 12.8. The maximum Gasteiger partial charge on any atom is 0.310 e. The average Bonchev–Trinajstić information content (AvgIpc) is 3.16. The van der Waals surface area contributed by atoms with Crippen molar-refractivity contribution in [2.45, 2.75) is 52.1 Å². The van der Waals surface area contributed by atoms with E-state index >= 15 is 0 Å². The molecule has 1 saturated heterocycles. The molecule has 3 aliphatic rings. The first kappa shape index (κ1) is 18.3. The smallest absolute Gasteiger partial charge is 0.310 e. The molecule has 6 nitrogen and oxygen atoms in total. The lowest BCUT2D eigenvalue weighted by Crippen LogP contribution is -2.60. The zero-order valence-electron chi connectivity index (χ0n) is 16.0. The summed E-state index contributed by atoms with van der Waals surface area (Å²) in [6.07, 6.45) is 5.45. The molecule has 0 unspecified atom stereocenters. The summed E-state index contributed by atoms with van der Waals surface area (Å²) in [4.78, 5) is 37.9. The summed E-state index contributed by atoms with van der Waals surface area (Å²) in [7, 11) is 1.38. The standard InChI is InChI=1S/C21H26O6/c1-20-6-4-14-19(24)27-16(12-5-7-26-11-12)10-21(14,2)17(20)9-13(22)8-15(20)18(23)25-3/h5,7,11,14-17H,4,6,8-10H2,1-3H3/t14-,15-,16-,17-,20-,21-/m0/s1. The van der Waals surface area contributed by atoms with Gasteiger partial charge >= 0.3 is 11.9 Å². The van der Waals surface area contributed by atoms with Crippen LogP contribution >= 0.6 is 0 Å². The summed E-state index contributed by atoms with van der Waals surface area (Å²) < 4.78 is 15.9. The van der Waals surface area contributed by atoms with E-state index in [9.17, 15) is 14.4 Å². The van der Waals surface area contributed by atoms with Gasteiger partial charge in [0, 0.05) is 18.4 Å². The molecule has 0 N–H and O–H groups in total. The number of furan rings is 1. The van der Waals surface area contributed by atoms with Gasteiger partial charge in [-0.25, -0.2) is 0 Å². The third-order valence-corrected chi connectivity index (χ3v) is 7.59. The Morgan fingerprint density at radius 3 is 2.67 bits per heavy atom. The second kappa shape index (κ2) is 6.21. The molecule has 4 rings (SSSR count). The van der Waals surface area contributed by atoms with Gasteiger partial charge in [-0.05, 0) is 42.1 Å². The normalized spacial score (nSPS) is 41.3. The van der Waals surface area contributed by atoms with Gasteiger partial charge in [-0.1, -0.05) is 13.8 Å². The Hall–Kier alpha value is -2.11. The molecule has 2 saturated carbocycles. The first-order valence-electron chi connectivity index (χ1n) is 9.61. The van der Waals surface area contributed by atoms with E-state index in [2.05, 4.69) is 13.8 Å². The van der Waals surface area contributed by atoms with Crippen molar-refractivity contribution in [1.82, 2.24) is 0 Å². The van der Waals surface area contributed by atoms with Gasteiger partial charge in [0.25, 0.3) is 0 Å². The fourth-order valence-corrected chi connectivity index (χ4v) is 6.08. The first-order chi connectivity index (χ1) is 12.8. The van der Waals surface area contributed by atoms with Gasteiger partial charge in [-0.3, -0.25) is 14.4 Å². The zero-order chi connectivity index (χ0) is 19.4. The highest BCUT2D eigenvalue weighted by Crippen LogP contribution is 2.65. The number of carbonyl (C=O) groups is 3. The number of esters is 2. The van der Waals surface area contributed by atoms with Crippen LogP contribution in [0.15, 0.2) is 23.0 Å². The van der Waals surface area contributed by atoms with E-state index < -0.39 is 11.3 Å². The number of ether oxygens (including phenoxy) is 2. The van der Waals surface area contributed by atoms with Crippen LogP contribution in [0.2, 0.25) is 0 Å². The second-order valence-electron chi connectivity index (χ2n) is 8.86. The fraction of sp³-hybridized carbons (Fsp3) is 0.667. The molecule has 0 bridgehead atoms. The minimum atomic E-state index is -0.447. The molecule has 0 aromatic carbocycles. The molecule has 27 heavy (non-hydrogen) atoms. The number of rotatable bonds is 2. The molecule has 1 aliphatic heterocycles. The molecular formula is C21H26O6. The van der Waals surface area contributed by atoms with Gasteiger partial charge in [0.1, 0.15) is 11.9 Å². The lowest BCUT2D eigenvalue weighted by molar-refractivity contribution is -0.204. The van der Waals surface area contributed by atoms with Crippen molar-refractivity contribution in [3.8, 4) is 0 Å². The minimum absolute atomic E-state index is 0.0589. The molecule has 2 aliphatic carbocycles. The van der Waals surface area contributed by atoms with Crippen molar-refractivity contribution < 1.29 is 28.3 Å². The fourth-order valence-electron chi connectivity index (χ4n) is 6.08. The molecule has 6 atom stereocenters. The average molecular weight is 374 g/mol. The Kier molecular flexibility index (Phi) is 4.20. The maximum atomic E-state index is 12.8. The summed E-state index contributed by atoms with van der Waals surface area (Å²) in [6.45, 7) is 4.19. The molecule has 3 fully saturated rings. The molecule has 1 aromatic heterocycles. The van der Waals surface area contributed by atoms with E-state index in [-0.39, 0.29) is 47.5 Å². The number of methoxy groups -OCH3 is 1. The summed E-state index contributed by atoms with van der Waals surface area (Å²) >= 11 is 0. The lowest BCUT2D eigenvalue weighted by Gasteiger charge is -2.60. The third-order valence-electron chi connectivity index (χ3n) is 7.59. The van der Waals surface area contributed by atoms with Crippen molar-refractivity contribution in [3.05, 3.63) is 24.2 Å². The van der Waals surface area contributed by atoms with Gasteiger partial charge in [-0.2, -0.15) is 0 Å². The largest absolute Gasteiger partial charge is 0.472 e. The number of hydrogen-bond donors (Lipinski definition) is 0. The highest BCUT2D eigenvalue weighted by molar-refractivity contribution is 5.87. The summed E-state index contributed by atoms with van der Waals surface area (Å²) in [6, 6.07) is 1.81. The zero-order valence-corrected chi connectivity index (χ0v) is 16.0. The number of hydrogen-bond acceptors (Lipinski definition) is 6. The quantitative estimate of drug-likeness (QED) is 0.737. The number of Topliss-reactive ketones (excluding diaryl/α,β-unsaturated/α-hetero) is 1. The van der Waals surface area contributed by atoms with E-state index in [0.29, 0.717) is 19.3 Å². The van der Waals surface area contributed by atoms with E-state index in [1.165, 1.54) is 7.11 Å². The summed E-state index contributed by atoms with van der Waals surface area (Å²) in [5.41, 5.74) is 0.0687. The molecule has 0 radical (unpaired) electrons. The van der Waals surface area contributed by atoms with Gasteiger partial charge in [-0.15, -0.1) is 0 Å². The van der Waals surface area contributed by atoms with Crippen LogP contribution in [0.1, 0.15) is 57.6 Å². The van der Waals surface area contributed by atoms with Gasteiger partial charge in [0.15, 0.2) is 0 Å². The van der Waals surface area contributed by atoms with E-state index in [0.717, 1.165) is 12.0 Å². The Bertz CT molecular complexity index is 768. The predicted octanol–water partition coefficient (Wildman–Crippen LogP) is 3.46. The van der Waals surface area contributed by atoms with Crippen LogP contribution in [-0.2, 0) is 23.9 Å². The van der Waals surface area contributed by atoms with Gasteiger partial charge in [0.2, 0.25) is 0 Å². The minimum Gasteiger partial charge on any atom is -0.472 e. The molecule has 0 amide bonds. The van der Waals surface area contributed by atoms with E-state index in [4.69, 9.17) is 13.9 Å². The SMILES string of the molecule is COC(=O)[C@@H]1CC(=O)C[C@H]2[C@@]1(C)CC[C@H]1C(=O)O[C@H](c3ccoc3)C[C@]21C. The van der Waals surface area contributed by atoms with Crippen LogP contribution in [-0.4, -0.2) is 24.8 Å². The van der Waals surface area contributed by atoms with Crippen LogP contribution < -0.4 is 0 Å². The predicted molar refractivity (Wildman–Crippen MR) is 94.3 cm³/mol. The number of carbonyl (C=O) groups excluding carboxylic acids is 3. The Morgan fingerprint density at radius 1 is 1.22 bits per heavy atom. The Morgan fingerprint density at radius 2 is 2.00 bits per heavy atom. The van der Waals surface area contributed by atoms with Crippen molar-refractivity contribution in [2.75, 3.05) is 7.11 Å². The van der Waals surface area contributed by atoms with E-state index in [1.54, 1.807) is 12.5 Å². The highest BCUT2D eigenvalue weighted by atomic mass is 16.5. The van der Waals surface area contributed by atoms with Gasteiger partial charge in [0.05, 0.1) is 31.5 Å². The molecule has 1 aromatic rings. The van der Waals surface area contributed by atoms with Crippen LogP contribution in [0.5, 0.6) is 0 Å². The molecule has 2 heterocycles. The van der Waals surface area contributed by atoms with E-state index in [1.807, 2.05) is 6.07 Å². The Labute approximate surface area is 158 Å². The molecule has 0 spiro atoms. The number of fused-ring (bicyclic) bond motifs is 3. The monoisotopic (exact) mass is 374 g/mol. The molecule has 146 valence electrons. The van der Waals surface area contributed by atoms with Crippen molar-refractivity contribution in [1.29, 1.82) is 0 Å². The van der Waals surface area contributed by atoms with Gasteiger partial charge < -0.3 is 13.9 Å². The topological polar surface area (TPSA) is 82.8 Å². The Balaban J connectivity index is 1.74.